The van der Waals surface area contributed by atoms with E-state index in [9.17, 15) is 4.79 Å². The first-order chi connectivity index (χ1) is 9.81. The Hall–Kier alpha value is -2.36. The van der Waals surface area contributed by atoms with E-state index in [2.05, 4.69) is 27.2 Å². The maximum atomic E-state index is 10.8. The average Bonchev–Trinajstić information content (AvgIpc) is 3.07. The second kappa shape index (κ2) is 5.33. The van der Waals surface area contributed by atoms with Crippen molar-refractivity contribution in [1.29, 1.82) is 0 Å². The van der Waals surface area contributed by atoms with E-state index in [1.54, 1.807) is 0 Å². The molecule has 0 radical (unpaired) electrons. The summed E-state index contributed by atoms with van der Waals surface area (Å²) < 4.78 is 4.37. The van der Waals surface area contributed by atoms with Crippen LogP contribution >= 0.6 is 0 Å². The van der Waals surface area contributed by atoms with Gasteiger partial charge in [0.25, 0.3) is 0 Å². The highest BCUT2D eigenvalue weighted by Crippen LogP contribution is 2.18. The van der Waals surface area contributed by atoms with Gasteiger partial charge in [-0.3, -0.25) is 4.79 Å². The van der Waals surface area contributed by atoms with Crippen LogP contribution in [0.4, 0.5) is 0 Å². The van der Waals surface area contributed by atoms with Crippen LogP contribution in [0.25, 0.3) is 10.9 Å². The molecule has 2 aromatic heterocycles. The van der Waals surface area contributed by atoms with Crippen LogP contribution in [0.15, 0.2) is 43.0 Å². The highest BCUT2D eigenvalue weighted by molar-refractivity contribution is 5.87. The molecular formula is C16H17N3O. The van der Waals surface area contributed by atoms with Gasteiger partial charge in [0.2, 0.25) is 0 Å². The molecule has 3 rings (SSSR count). The van der Waals surface area contributed by atoms with Gasteiger partial charge in [0.1, 0.15) is 6.29 Å². The number of nitrogens with zero attached hydrogens (tertiary/aromatic N) is 3. The van der Waals surface area contributed by atoms with Crippen LogP contribution in [0.2, 0.25) is 0 Å². The number of carbonyl (C=O) groups excluding carboxylic acids is 1. The fourth-order valence-corrected chi connectivity index (χ4v) is 2.53. The molecule has 0 aliphatic carbocycles. The molecule has 0 aliphatic heterocycles. The third kappa shape index (κ3) is 2.25. The number of hydrogen-bond donors (Lipinski definition) is 0. The van der Waals surface area contributed by atoms with E-state index in [-0.39, 0.29) is 0 Å². The molecule has 0 bridgehead atoms. The smallest absolute Gasteiger partial charge is 0.150 e. The zero-order chi connectivity index (χ0) is 13.9. The molecule has 0 amide bonds. The van der Waals surface area contributed by atoms with Gasteiger partial charge < -0.3 is 9.13 Å². The van der Waals surface area contributed by atoms with Gasteiger partial charge in [-0.15, -0.1) is 0 Å². The third-order valence-electron chi connectivity index (χ3n) is 3.53. The Labute approximate surface area is 117 Å². The second-order valence-corrected chi connectivity index (χ2v) is 4.96. The van der Waals surface area contributed by atoms with Gasteiger partial charge >= 0.3 is 0 Å². The molecule has 0 spiro atoms. The fourth-order valence-electron chi connectivity index (χ4n) is 2.53. The highest BCUT2D eigenvalue weighted by atomic mass is 16.1. The van der Waals surface area contributed by atoms with Gasteiger partial charge in [-0.1, -0.05) is 6.92 Å². The predicted molar refractivity (Wildman–Crippen MR) is 78.9 cm³/mol. The quantitative estimate of drug-likeness (QED) is 0.666. The standard InChI is InChI=1S/C16H17N3O/c1-2-6-19-12-17-9-15(19)10-18-7-5-14-8-13(11-20)3-4-16(14)18/h3-5,7-9,11-12H,2,6,10H2,1H3. The van der Waals surface area contributed by atoms with Crippen molar-refractivity contribution >= 4 is 17.2 Å². The Morgan fingerprint density at radius 1 is 1.25 bits per heavy atom. The second-order valence-electron chi connectivity index (χ2n) is 4.96. The Kier molecular flexibility index (Phi) is 3.37. The molecule has 2 heterocycles. The molecule has 0 N–H and O–H groups in total. The van der Waals surface area contributed by atoms with Crippen molar-refractivity contribution in [2.24, 2.45) is 0 Å². The lowest BCUT2D eigenvalue weighted by atomic mass is 10.2. The minimum atomic E-state index is 0.714. The lowest BCUT2D eigenvalue weighted by molar-refractivity contribution is 0.112. The van der Waals surface area contributed by atoms with E-state index in [0.717, 1.165) is 36.7 Å². The molecule has 0 aliphatic rings. The molecule has 0 fully saturated rings. The molecule has 0 unspecified atom stereocenters. The summed E-state index contributed by atoms with van der Waals surface area (Å²) in [7, 11) is 0. The molecule has 4 nitrogen and oxygen atoms in total. The summed E-state index contributed by atoms with van der Waals surface area (Å²) >= 11 is 0. The first kappa shape index (κ1) is 12.7. The SMILES string of the molecule is CCCn1cncc1Cn1ccc2cc(C=O)ccc21. The minimum Gasteiger partial charge on any atom is -0.341 e. The molecule has 20 heavy (non-hydrogen) atoms. The number of aromatic nitrogens is 3. The summed E-state index contributed by atoms with van der Waals surface area (Å²) in [5, 5.41) is 1.09. The lowest BCUT2D eigenvalue weighted by Gasteiger charge is -2.09. The van der Waals surface area contributed by atoms with Crippen molar-refractivity contribution in [2.45, 2.75) is 26.4 Å². The van der Waals surface area contributed by atoms with Crippen molar-refractivity contribution in [3.63, 3.8) is 0 Å². The number of aryl methyl sites for hydroxylation is 1. The van der Waals surface area contributed by atoms with Gasteiger partial charge in [0, 0.05) is 35.4 Å². The molecular weight excluding hydrogens is 250 g/mol. The molecule has 102 valence electrons. The van der Waals surface area contributed by atoms with Crippen LogP contribution in [-0.2, 0) is 13.1 Å². The normalized spacial score (nSPS) is 11.1. The summed E-state index contributed by atoms with van der Waals surface area (Å²) in [6.45, 7) is 3.95. The lowest BCUT2D eigenvalue weighted by Crippen LogP contribution is -2.06. The van der Waals surface area contributed by atoms with Crippen molar-refractivity contribution in [3.05, 3.63) is 54.2 Å². The van der Waals surface area contributed by atoms with Crippen LogP contribution in [0.3, 0.4) is 0 Å². The minimum absolute atomic E-state index is 0.714. The van der Waals surface area contributed by atoms with E-state index in [1.807, 2.05) is 36.8 Å². The van der Waals surface area contributed by atoms with Gasteiger partial charge in [-0.05, 0) is 30.7 Å². The summed E-state index contributed by atoms with van der Waals surface area (Å²) in [4.78, 5) is 15.0. The number of benzene rings is 1. The van der Waals surface area contributed by atoms with E-state index >= 15 is 0 Å². The van der Waals surface area contributed by atoms with Crippen molar-refractivity contribution < 1.29 is 4.79 Å². The van der Waals surface area contributed by atoms with E-state index in [4.69, 9.17) is 0 Å². The summed E-state index contributed by atoms with van der Waals surface area (Å²) in [6, 6.07) is 7.82. The van der Waals surface area contributed by atoms with E-state index < -0.39 is 0 Å². The number of hydrogen-bond acceptors (Lipinski definition) is 2. The Morgan fingerprint density at radius 3 is 2.95 bits per heavy atom. The number of fused-ring (bicyclic) bond motifs is 1. The fraction of sp³-hybridized carbons (Fsp3) is 0.250. The summed E-state index contributed by atoms with van der Waals surface area (Å²) in [6.07, 6.45) is 7.84. The van der Waals surface area contributed by atoms with Gasteiger partial charge in [0.05, 0.1) is 18.6 Å². The van der Waals surface area contributed by atoms with E-state index in [0.29, 0.717) is 5.56 Å². The van der Waals surface area contributed by atoms with Crippen LogP contribution in [0, 0.1) is 0 Å². The summed E-state index contributed by atoms with van der Waals surface area (Å²) in [5.41, 5.74) is 3.05. The maximum Gasteiger partial charge on any atom is 0.150 e. The van der Waals surface area contributed by atoms with Crippen LogP contribution in [0.5, 0.6) is 0 Å². The Bertz CT molecular complexity index is 739. The van der Waals surface area contributed by atoms with Crippen LogP contribution in [-0.4, -0.2) is 20.4 Å². The molecule has 0 saturated carbocycles. The third-order valence-corrected chi connectivity index (χ3v) is 3.53. The molecule has 3 aromatic rings. The summed E-state index contributed by atoms with van der Waals surface area (Å²) in [5.74, 6) is 0. The average molecular weight is 267 g/mol. The number of aldehydes is 1. The monoisotopic (exact) mass is 267 g/mol. The van der Waals surface area contributed by atoms with Gasteiger partial charge in [-0.25, -0.2) is 4.98 Å². The molecule has 4 heteroatoms. The molecule has 0 atom stereocenters. The van der Waals surface area contributed by atoms with Crippen molar-refractivity contribution in [2.75, 3.05) is 0 Å². The zero-order valence-corrected chi connectivity index (χ0v) is 11.5. The zero-order valence-electron chi connectivity index (χ0n) is 11.5. The van der Waals surface area contributed by atoms with Crippen molar-refractivity contribution in [3.8, 4) is 0 Å². The number of rotatable bonds is 5. The molecule has 0 saturated heterocycles. The topological polar surface area (TPSA) is 39.8 Å². The number of carbonyl (C=O) groups is 1. The van der Waals surface area contributed by atoms with E-state index in [1.165, 1.54) is 5.69 Å². The molecule has 1 aromatic carbocycles. The predicted octanol–water partition coefficient (Wildman–Crippen LogP) is 3.11. The van der Waals surface area contributed by atoms with Crippen LogP contribution in [0.1, 0.15) is 29.4 Å². The van der Waals surface area contributed by atoms with Gasteiger partial charge in [-0.2, -0.15) is 0 Å². The number of imidazole rings is 1. The van der Waals surface area contributed by atoms with Crippen LogP contribution < -0.4 is 0 Å². The first-order valence-corrected chi connectivity index (χ1v) is 6.85. The Morgan fingerprint density at radius 2 is 2.15 bits per heavy atom. The first-order valence-electron chi connectivity index (χ1n) is 6.85. The largest absolute Gasteiger partial charge is 0.341 e. The Balaban J connectivity index is 1.94. The van der Waals surface area contributed by atoms with Crippen molar-refractivity contribution in [1.82, 2.24) is 14.1 Å². The maximum absolute atomic E-state index is 10.8. The highest BCUT2D eigenvalue weighted by Gasteiger charge is 2.06. The van der Waals surface area contributed by atoms with Gasteiger partial charge in [0.15, 0.2) is 0 Å².